The number of nitrogens with zero attached hydrogens (tertiary/aromatic N) is 5. The monoisotopic (exact) mass is 343 g/mol. The molecule has 1 aliphatic rings. The zero-order chi connectivity index (χ0) is 17.6. The normalized spacial score (nSPS) is 14.8. The Bertz CT molecular complexity index is 690. The van der Waals surface area contributed by atoms with Crippen LogP contribution in [0.25, 0.3) is 11.4 Å². The molecule has 0 spiro atoms. The summed E-state index contributed by atoms with van der Waals surface area (Å²) in [5.74, 6) is 1.88. The number of tetrazole rings is 1. The molecule has 25 heavy (non-hydrogen) atoms. The van der Waals surface area contributed by atoms with Gasteiger partial charge in [-0.25, -0.2) is 0 Å². The van der Waals surface area contributed by atoms with Gasteiger partial charge in [0.05, 0.1) is 6.61 Å². The number of aromatic nitrogens is 4. The molecule has 0 bridgehead atoms. The summed E-state index contributed by atoms with van der Waals surface area (Å²) in [4.78, 5) is 15.5. The third-order valence-electron chi connectivity index (χ3n) is 4.13. The minimum absolute atomic E-state index is 0.0566. The Hall–Kier alpha value is -2.44. The van der Waals surface area contributed by atoms with E-state index < -0.39 is 0 Å². The summed E-state index contributed by atoms with van der Waals surface area (Å²) in [5.41, 5.74) is 0.855. The van der Waals surface area contributed by atoms with Gasteiger partial charge in [-0.3, -0.25) is 4.79 Å². The van der Waals surface area contributed by atoms with E-state index in [0.717, 1.165) is 37.2 Å². The van der Waals surface area contributed by atoms with E-state index in [0.29, 0.717) is 18.3 Å². The first kappa shape index (κ1) is 17.4. The first-order valence-corrected chi connectivity index (χ1v) is 8.90. The zero-order valence-electron chi connectivity index (χ0n) is 14.9. The maximum atomic E-state index is 12.3. The van der Waals surface area contributed by atoms with Gasteiger partial charge in [-0.05, 0) is 54.7 Å². The molecule has 0 saturated carbocycles. The fourth-order valence-corrected chi connectivity index (χ4v) is 2.75. The summed E-state index contributed by atoms with van der Waals surface area (Å²) >= 11 is 0. The van der Waals surface area contributed by atoms with Crippen LogP contribution >= 0.6 is 0 Å². The number of ether oxygens (including phenoxy) is 1. The molecular formula is C18H25N5O2. The Balaban J connectivity index is 1.59. The Morgan fingerprint density at radius 1 is 1.16 bits per heavy atom. The van der Waals surface area contributed by atoms with Crippen LogP contribution in [0, 0.1) is 5.92 Å². The van der Waals surface area contributed by atoms with Gasteiger partial charge >= 0.3 is 0 Å². The van der Waals surface area contributed by atoms with Crippen LogP contribution in [0.3, 0.4) is 0 Å². The Kier molecular flexibility index (Phi) is 5.63. The highest BCUT2D eigenvalue weighted by molar-refractivity contribution is 5.75. The molecule has 1 fully saturated rings. The maximum absolute atomic E-state index is 12.3. The number of carbonyl (C=O) groups is 1. The summed E-state index contributed by atoms with van der Waals surface area (Å²) in [6.45, 7) is 6.72. The van der Waals surface area contributed by atoms with Crippen molar-refractivity contribution in [2.24, 2.45) is 5.92 Å². The largest absolute Gasteiger partial charge is 0.493 e. The number of hydrogen-bond donors (Lipinski definition) is 0. The highest BCUT2D eigenvalue weighted by Crippen LogP contribution is 2.19. The molecule has 0 N–H and O–H groups in total. The van der Waals surface area contributed by atoms with Gasteiger partial charge in [0.2, 0.25) is 11.7 Å². The standard InChI is InChI=1S/C18H25N5O2/c1-14(2)13-25-16-8-6-15(7-9-16)18-19-21-23(20-18)12-17(24)22-10-4-3-5-11-22/h6-9,14H,3-5,10-13H2,1-2H3. The van der Waals surface area contributed by atoms with Crippen molar-refractivity contribution in [3.05, 3.63) is 24.3 Å². The second kappa shape index (κ2) is 8.09. The summed E-state index contributed by atoms with van der Waals surface area (Å²) in [6.07, 6.45) is 3.35. The number of hydrogen-bond acceptors (Lipinski definition) is 5. The lowest BCUT2D eigenvalue weighted by Crippen LogP contribution is -2.38. The van der Waals surface area contributed by atoms with Crippen LogP contribution in [-0.4, -0.2) is 50.7 Å². The van der Waals surface area contributed by atoms with Gasteiger partial charge in [-0.1, -0.05) is 13.8 Å². The predicted molar refractivity (Wildman–Crippen MR) is 94.0 cm³/mol. The van der Waals surface area contributed by atoms with Crippen molar-refractivity contribution in [3.8, 4) is 17.1 Å². The van der Waals surface area contributed by atoms with Crippen LogP contribution in [0.15, 0.2) is 24.3 Å². The van der Waals surface area contributed by atoms with Crippen molar-refractivity contribution in [2.75, 3.05) is 19.7 Å². The quantitative estimate of drug-likeness (QED) is 0.805. The highest BCUT2D eigenvalue weighted by Gasteiger charge is 2.18. The summed E-state index contributed by atoms with van der Waals surface area (Å²) in [6, 6.07) is 7.61. The van der Waals surface area contributed by atoms with E-state index in [-0.39, 0.29) is 12.5 Å². The molecule has 1 saturated heterocycles. The third kappa shape index (κ3) is 4.78. The first-order chi connectivity index (χ1) is 12.1. The van der Waals surface area contributed by atoms with Crippen LogP contribution < -0.4 is 4.74 Å². The van der Waals surface area contributed by atoms with Gasteiger partial charge in [-0.15, -0.1) is 10.2 Å². The van der Waals surface area contributed by atoms with Gasteiger partial charge in [0.25, 0.3) is 0 Å². The highest BCUT2D eigenvalue weighted by atomic mass is 16.5. The van der Waals surface area contributed by atoms with E-state index in [9.17, 15) is 4.79 Å². The van der Waals surface area contributed by atoms with Gasteiger partial charge in [0.15, 0.2) is 0 Å². The molecule has 0 atom stereocenters. The summed E-state index contributed by atoms with van der Waals surface area (Å²) in [7, 11) is 0. The second-order valence-electron chi connectivity index (χ2n) is 6.81. The molecular weight excluding hydrogens is 318 g/mol. The van der Waals surface area contributed by atoms with E-state index in [4.69, 9.17) is 4.74 Å². The van der Waals surface area contributed by atoms with Crippen molar-refractivity contribution in [1.29, 1.82) is 0 Å². The molecule has 1 aromatic heterocycles. The van der Waals surface area contributed by atoms with Crippen molar-refractivity contribution < 1.29 is 9.53 Å². The van der Waals surface area contributed by atoms with Gasteiger partial charge in [0.1, 0.15) is 12.3 Å². The molecule has 7 heteroatoms. The maximum Gasteiger partial charge on any atom is 0.246 e. The van der Waals surface area contributed by atoms with Gasteiger partial charge in [-0.2, -0.15) is 4.80 Å². The number of likely N-dealkylation sites (tertiary alicyclic amines) is 1. The van der Waals surface area contributed by atoms with Crippen molar-refractivity contribution in [3.63, 3.8) is 0 Å². The van der Waals surface area contributed by atoms with Crippen LogP contribution in [0.1, 0.15) is 33.1 Å². The molecule has 7 nitrogen and oxygen atoms in total. The average Bonchev–Trinajstić information content (AvgIpc) is 3.09. The minimum atomic E-state index is 0.0566. The van der Waals surface area contributed by atoms with Crippen LogP contribution in [0.2, 0.25) is 0 Å². The lowest BCUT2D eigenvalue weighted by Gasteiger charge is -2.26. The van der Waals surface area contributed by atoms with Crippen LogP contribution in [0.4, 0.5) is 0 Å². The molecule has 2 aromatic rings. The second-order valence-corrected chi connectivity index (χ2v) is 6.81. The SMILES string of the molecule is CC(C)COc1ccc(-c2nnn(CC(=O)N3CCCCC3)n2)cc1. The molecule has 3 rings (SSSR count). The molecule has 1 aromatic carbocycles. The lowest BCUT2D eigenvalue weighted by atomic mass is 10.1. The Labute approximate surface area is 148 Å². The number of rotatable bonds is 6. The first-order valence-electron chi connectivity index (χ1n) is 8.90. The van der Waals surface area contributed by atoms with E-state index in [1.54, 1.807) is 0 Å². The Morgan fingerprint density at radius 2 is 1.88 bits per heavy atom. The Morgan fingerprint density at radius 3 is 2.56 bits per heavy atom. The molecule has 0 unspecified atom stereocenters. The lowest BCUT2D eigenvalue weighted by molar-refractivity contribution is -0.133. The zero-order valence-corrected chi connectivity index (χ0v) is 14.9. The molecule has 134 valence electrons. The van der Waals surface area contributed by atoms with Crippen molar-refractivity contribution >= 4 is 5.91 Å². The van der Waals surface area contributed by atoms with E-state index in [2.05, 4.69) is 29.3 Å². The number of carbonyl (C=O) groups excluding carboxylic acids is 1. The predicted octanol–water partition coefficient (Wildman–Crippen LogP) is 2.39. The summed E-state index contributed by atoms with van der Waals surface area (Å²) in [5, 5.41) is 12.4. The minimum Gasteiger partial charge on any atom is -0.493 e. The van der Waals surface area contributed by atoms with Crippen LogP contribution in [0.5, 0.6) is 5.75 Å². The number of piperidine rings is 1. The summed E-state index contributed by atoms with van der Waals surface area (Å²) < 4.78 is 5.67. The van der Waals surface area contributed by atoms with E-state index in [1.165, 1.54) is 11.2 Å². The molecule has 0 radical (unpaired) electrons. The van der Waals surface area contributed by atoms with Gasteiger partial charge < -0.3 is 9.64 Å². The fourth-order valence-electron chi connectivity index (χ4n) is 2.75. The van der Waals surface area contributed by atoms with Crippen molar-refractivity contribution in [1.82, 2.24) is 25.1 Å². The van der Waals surface area contributed by atoms with E-state index in [1.807, 2.05) is 29.2 Å². The van der Waals surface area contributed by atoms with E-state index >= 15 is 0 Å². The molecule has 0 aliphatic carbocycles. The molecule has 1 aliphatic heterocycles. The van der Waals surface area contributed by atoms with Crippen molar-refractivity contribution in [2.45, 2.75) is 39.7 Å². The topological polar surface area (TPSA) is 73.1 Å². The number of amides is 1. The fraction of sp³-hybridized carbons (Fsp3) is 0.556. The number of benzene rings is 1. The van der Waals surface area contributed by atoms with Crippen LogP contribution in [-0.2, 0) is 11.3 Å². The molecule has 1 amide bonds. The average molecular weight is 343 g/mol. The smallest absolute Gasteiger partial charge is 0.246 e. The third-order valence-corrected chi connectivity index (χ3v) is 4.13. The van der Waals surface area contributed by atoms with Gasteiger partial charge in [0, 0.05) is 18.7 Å². The molecule has 2 heterocycles.